The van der Waals surface area contributed by atoms with Crippen molar-refractivity contribution in [3.63, 3.8) is 0 Å². The van der Waals surface area contributed by atoms with Crippen molar-refractivity contribution in [2.45, 2.75) is 6.92 Å². The van der Waals surface area contributed by atoms with Gasteiger partial charge in [-0.15, -0.1) is 11.3 Å². The van der Waals surface area contributed by atoms with Crippen LogP contribution in [-0.2, 0) is 0 Å². The number of benzene rings is 2. The van der Waals surface area contributed by atoms with Gasteiger partial charge in [-0.2, -0.15) is 0 Å². The summed E-state index contributed by atoms with van der Waals surface area (Å²) in [6, 6.07) is 13.3. The van der Waals surface area contributed by atoms with E-state index in [0.29, 0.717) is 43.0 Å². The van der Waals surface area contributed by atoms with Gasteiger partial charge in [-0.25, -0.2) is 0 Å². The summed E-state index contributed by atoms with van der Waals surface area (Å²) in [7, 11) is 4.79. The highest BCUT2D eigenvalue weighted by atomic mass is 35.5. The first kappa shape index (κ1) is 23.3. The lowest BCUT2D eigenvalue weighted by molar-refractivity contribution is 0.0827. The van der Waals surface area contributed by atoms with Crippen LogP contribution in [0.15, 0.2) is 48.5 Å². The molecule has 32 heavy (non-hydrogen) atoms. The molecule has 9 heteroatoms. The highest BCUT2D eigenvalue weighted by molar-refractivity contribution is 7.18. The van der Waals surface area contributed by atoms with Crippen molar-refractivity contribution in [3.8, 4) is 5.75 Å². The van der Waals surface area contributed by atoms with Crippen LogP contribution >= 0.6 is 22.9 Å². The maximum atomic E-state index is 13.0. The number of hydrogen-bond donors (Lipinski definition) is 2. The summed E-state index contributed by atoms with van der Waals surface area (Å²) < 4.78 is 5.32. The van der Waals surface area contributed by atoms with E-state index < -0.39 is 0 Å². The maximum absolute atomic E-state index is 13.0. The number of halogens is 1. The number of anilines is 2. The lowest BCUT2D eigenvalue weighted by atomic mass is 10.1. The monoisotopic (exact) mass is 471 g/mol. The molecule has 0 aliphatic carbocycles. The first-order valence-electron chi connectivity index (χ1n) is 9.58. The van der Waals surface area contributed by atoms with E-state index in [1.54, 1.807) is 69.6 Å². The van der Waals surface area contributed by atoms with Gasteiger partial charge in [0.15, 0.2) is 0 Å². The predicted molar refractivity (Wildman–Crippen MR) is 127 cm³/mol. The molecule has 0 aliphatic rings. The summed E-state index contributed by atoms with van der Waals surface area (Å²) in [5.74, 6) is -0.506. The van der Waals surface area contributed by atoms with Gasteiger partial charge < -0.3 is 20.3 Å². The van der Waals surface area contributed by atoms with Crippen LogP contribution in [0.3, 0.4) is 0 Å². The number of carbonyl (C=O) groups excluding carboxylic acids is 3. The molecule has 3 amide bonds. The molecule has 0 saturated carbocycles. The summed E-state index contributed by atoms with van der Waals surface area (Å²) in [5.41, 5.74) is 1.83. The molecule has 1 aromatic heterocycles. The zero-order chi connectivity index (χ0) is 23.4. The van der Waals surface area contributed by atoms with E-state index in [1.807, 2.05) is 0 Å². The molecule has 0 unspecified atom stereocenters. The van der Waals surface area contributed by atoms with Crippen LogP contribution in [0.4, 0.5) is 10.7 Å². The fraction of sp³-hybridized carbons (Fsp3) is 0.174. The largest absolute Gasteiger partial charge is 0.495 e. The molecule has 0 atom stereocenters. The van der Waals surface area contributed by atoms with Crippen molar-refractivity contribution in [1.82, 2.24) is 4.90 Å². The molecule has 0 aliphatic heterocycles. The van der Waals surface area contributed by atoms with E-state index in [9.17, 15) is 14.4 Å². The second-order valence-corrected chi connectivity index (χ2v) is 8.58. The average Bonchev–Trinajstić information content (AvgIpc) is 3.13. The molecule has 0 radical (unpaired) electrons. The van der Waals surface area contributed by atoms with Gasteiger partial charge in [-0.1, -0.05) is 23.7 Å². The predicted octanol–water partition coefficient (Wildman–Crippen LogP) is 4.92. The molecule has 0 fully saturated rings. The second-order valence-electron chi connectivity index (χ2n) is 7.13. The first-order chi connectivity index (χ1) is 15.2. The van der Waals surface area contributed by atoms with Crippen LogP contribution in [-0.4, -0.2) is 43.8 Å². The summed E-state index contributed by atoms with van der Waals surface area (Å²) in [6.45, 7) is 1.78. The van der Waals surface area contributed by atoms with Crippen molar-refractivity contribution < 1.29 is 19.1 Å². The Hall–Kier alpha value is -3.36. The number of ether oxygens (including phenoxy) is 1. The number of methoxy groups -OCH3 is 1. The van der Waals surface area contributed by atoms with Gasteiger partial charge in [0.2, 0.25) is 0 Å². The fourth-order valence-electron chi connectivity index (χ4n) is 2.97. The normalized spacial score (nSPS) is 10.4. The Kier molecular flexibility index (Phi) is 7.17. The van der Waals surface area contributed by atoms with Crippen molar-refractivity contribution >= 4 is 51.3 Å². The van der Waals surface area contributed by atoms with Gasteiger partial charge in [0, 0.05) is 19.7 Å². The Morgan fingerprint density at radius 2 is 1.72 bits per heavy atom. The molecule has 0 spiro atoms. The van der Waals surface area contributed by atoms with Crippen LogP contribution in [0.2, 0.25) is 5.02 Å². The summed E-state index contributed by atoms with van der Waals surface area (Å²) in [5, 5.41) is 6.44. The summed E-state index contributed by atoms with van der Waals surface area (Å²) >= 11 is 7.23. The molecule has 1 heterocycles. The number of amides is 3. The molecule has 7 nitrogen and oxygen atoms in total. The van der Waals surface area contributed by atoms with E-state index >= 15 is 0 Å². The number of rotatable bonds is 6. The average molecular weight is 472 g/mol. The van der Waals surface area contributed by atoms with Crippen LogP contribution in [0, 0.1) is 6.92 Å². The number of hydrogen-bond acceptors (Lipinski definition) is 5. The third kappa shape index (κ3) is 5.09. The topological polar surface area (TPSA) is 87.7 Å². The molecule has 0 saturated heterocycles. The van der Waals surface area contributed by atoms with E-state index in [4.69, 9.17) is 16.3 Å². The van der Waals surface area contributed by atoms with Gasteiger partial charge in [0.1, 0.15) is 5.75 Å². The standard InChI is InChI=1S/C23H22ClN3O4S/c1-13-11-19(26-21(28)15-7-5-6-8-16(15)24)32-20(13)22(29)25-17-12-14(23(30)27(2)3)9-10-18(17)31-4/h5-12H,1-4H3,(H,25,29)(H,26,28). The molecule has 3 rings (SSSR count). The molecular formula is C23H22ClN3O4S. The van der Waals surface area contributed by atoms with Gasteiger partial charge in [-0.05, 0) is 48.9 Å². The number of nitrogens with zero attached hydrogens (tertiary/aromatic N) is 1. The van der Waals surface area contributed by atoms with Crippen LogP contribution in [0.5, 0.6) is 5.75 Å². The molecule has 2 N–H and O–H groups in total. The van der Waals surface area contributed by atoms with E-state index in [0.717, 1.165) is 11.3 Å². The third-order valence-electron chi connectivity index (χ3n) is 4.58. The minimum Gasteiger partial charge on any atom is -0.495 e. The third-order valence-corrected chi connectivity index (χ3v) is 6.06. The van der Waals surface area contributed by atoms with E-state index in [2.05, 4.69) is 10.6 Å². The van der Waals surface area contributed by atoms with Crippen molar-refractivity contribution in [2.75, 3.05) is 31.8 Å². The lowest BCUT2D eigenvalue weighted by Gasteiger charge is -2.14. The first-order valence-corrected chi connectivity index (χ1v) is 10.8. The highest BCUT2D eigenvalue weighted by Crippen LogP contribution is 2.31. The smallest absolute Gasteiger partial charge is 0.266 e. The van der Waals surface area contributed by atoms with E-state index in [-0.39, 0.29) is 17.7 Å². The van der Waals surface area contributed by atoms with Crippen LogP contribution in [0.1, 0.15) is 36.0 Å². The van der Waals surface area contributed by atoms with Crippen molar-refractivity contribution in [3.05, 3.63) is 75.1 Å². The van der Waals surface area contributed by atoms with Gasteiger partial charge in [0.25, 0.3) is 17.7 Å². The summed E-state index contributed by atoms with van der Waals surface area (Å²) in [4.78, 5) is 39.6. The molecular weight excluding hydrogens is 450 g/mol. The number of nitrogens with one attached hydrogen (secondary N) is 2. The molecule has 166 valence electrons. The molecule has 2 aromatic carbocycles. The quantitative estimate of drug-likeness (QED) is 0.533. The maximum Gasteiger partial charge on any atom is 0.266 e. The summed E-state index contributed by atoms with van der Waals surface area (Å²) in [6.07, 6.45) is 0. The van der Waals surface area contributed by atoms with Crippen molar-refractivity contribution in [2.24, 2.45) is 0 Å². The highest BCUT2D eigenvalue weighted by Gasteiger charge is 2.19. The minimum absolute atomic E-state index is 0.194. The second kappa shape index (κ2) is 9.84. The van der Waals surface area contributed by atoms with E-state index in [1.165, 1.54) is 12.0 Å². The van der Waals surface area contributed by atoms with Crippen LogP contribution < -0.4 is 15.4 Å². The van der Waals surface area contributed by atoms with Gasteiger partial charge >= 0.3 is 0 Å². The Bertz CT molecular complexity index is 1190. The Morgan fingerprint density at radius 1 is 1.00 bits per heavy atom. The fourth-order valence-corrected chi connectivity index (χ4v) is 4.15. The molecule has 0 bridgehead atoms. The number of thiophene rings is 1. The number of aryl methyl sites for hydroxylation is 1. The number of carbonyl (C=O) groups is 3. The molecule has 3 aromatic rings. The van der Waals surface area contributed by atoms with Gasteiger partial charge in [-0.3, -0.25) is 14.4 Å². The zero-order valence-electron chi connectivity index (χ0n) is 18.0. The van der Waals surface area contributed by atoms with Crippen LogP contribution in [0.25, 0.3) is 0 Å². The lowest BCUT2D eigenvalue weighted by Crippen LogP contribution is -2.22. The minimum atomic E-state index is -0.376. The van der Waals surface area contributed by atoms with Gasteiger partial charge in [0.05, 0.1) is 33.3 Å². The Balaban J connectivity index is 1.81. The SMILES string of the molecule is COc1ccc(C(=O)N(C)C)cc1NC(=O)c1sc(NC(=O)c2ccccc2Cl)cc1C. The Morgan fingerprint density at radius 3 is 2.38 bits per heavy atom. The van der Waals surface area contributed by atoms with Crippen molar-refractivity contribution in [1.29, 1.82) is 0 Å². The Labute approximate surface area is 195 Å². The zero-order valence-corrected chi connectivity index (χ0v) is 19.6.